The first kappa shape index (κ1) is 15.5. The van der Waals surface area contributed by atoms with Gasteiger partial charge in [-0.1, -0.05) is 19.9 Å². The van der Waals surface area contributed by atoms with Gasteiger partial charge < -0.3 is 14.6 Å². The topological polar surface area (TPSA) is 72.8 Å². The van der Waals surface area contributed by atoms with Crippen molar-refractivity contribution in [2.24, 2.45) is 17.3 Å². The average molecular weight is 308 g/mol. The Balaban J connectivity index is 2.03. The second-order valence-electron chi connectivity index (χ2n) is 7.62. The molecule has 122 valence electrons. The van der Waals surface area contributed by atoms with Crippen LogP contribution in [-0.4, -0.2) is 34.9 Å². The third-order valence-electron chi connectivity index (χ3n) is 5.83. The summed E-state index contributed by atoms with van der Waals surface area (Å²) in [6, 6.07) is 0. The number of aliphatic hydroxyl groups is 1. The molecular formula is C17H24O5. The van der Waals surface area contributed by atoms with Crippen LogP contribution in [0.2, 0.25) is 0 Å². The quantitative estimate of drug-likeness (QED) is 0.592. The van der Waals surface area contributed by atoms with Crippen LogP contribution in [0.3, 0.4) is 0 Å². The van der Waals surface area contributed by atoms with E-state index in [1.807, 2.05) is 6.92 Å². The molecule has 3 fully saturated rings. The summed E-state index contributed by atoms with van der Waals surface area (Å²) in [4.78, 5) is 23.5. The van der Waals surface area contributed by atoms with E-state index in [0.29, 0.717) is 18.4 Å². The number of hydrogen-bond acceptors (Lipinski definition) is 5. The largest absolute Gasteiger partial charge is 0.462 e. The molecule has 0 bridgehead atoms. The molecule has 2 saturated carbocycles. The van der Waals surface area contributed by atoms with E-state index in [9.17, 15) is 14.7 Å². The van der Waals surface area contributed by atoms with Crippen LogP contribution in [0.4, 0.5) is 0 Å². The van der Waals surface area contributed by atoms with Gasteiger partial charge in [-0.2, -0.15) is 0 Å². The maximum atomic E-state index is 12.0. The number of hydrogen-bond donors (Lipinski definition) is 1. The highest BCUT2D eigenvalue weighted by molar-refractivity contribution is 5.91. The van der Waals surface area contributed by atoms with Crippen molar-refractivity contribution < 1.29 is 24.2 Å². The van der Waals surface area contributed by atoms with Gasteiger partial charge in [0.2, 0.25) is 0 Å². The predicted octanol–water partition coefficient (Wildman–Crippen LogP) is 1.98. The molecule has 3 rings (SSSR count). The highest BCUT2D eigenvalue weighted by atomic mass is 16.6. The van der Waals surface area contributed by atoms with Gasteiger partial charge in [0.05, 0.1) is 11.5 Å². The van der Waals surface area contributed by atoms with Crippen molar-refractivity contribution in [2.45, 2.75) is 64.3 Å². The lowest BCUT2D eigenvalue weighted by Gasteiger charge is -2.56. The van der Waals surface area contributed by atoms with E-state index in [0.717, 1.165) is 12.8 Å². The van der Waals surface area contributed by atoms with Crippen molar-refractivity contribution in [2.75, 3.05) is 0 Å². The minimum Gasteiger partial charge on any atom is -0.462 e. The molecule has 0 radical (unpaired) electrons. The summed E-state index contributed by atoms with van der Waals surface area (Å²) < 4.78 is 11.1. The fourth-order valence-electron chi connectivity index (χ4n) is 5.12. The molecule has 0 aromatic rings. The van der Waals surface area contributed by atoms with E-state index < -0.39 is 23.8 Å². The fraction of sp³-hybridized carbons (Fsp3) is 0.765. The van der Waals surface area contributed by atoms with Crippen molar-refractivity contribution in [1.82, 2.24) is 0 Å². The van der Waals surface area contributed by atoms with Gasteiger partial charge in [-0.05, 0) is 31.6 Å². The molecule has 22 heavy (non-hydrogen) atoms. The number of fused-ring (bicyclic) bond motifs is 3. The molecule has 0 amide bonds. The molecule has 5 nitrogen and oxygen atoms in total. The standard InChI is InChI=1S/C17H24O5/c1-9-12-11(21-10(2)18)8-16(3)6-5-7-17(4,20)14(16)13(12)22-15(9)19/h11-14,20H,1,5-8H2,2-4H3/t11-,12+,13-,14+,16+,17+/m0/s1. The molecule has 2 aliphatic carbocycles. The second kappa shape index (κ2) is 4.82. The Labute approximate surface area is 130 Å². The van der Waals surface area contributed by atoms with E-state index in [-0.39, 0.29) is 23.2 Å². The zero-order valence-corrected chi connectivity index (χ0v) is 13.4. The van der Waals surface area contributed by atoms with Gasteiger partial charge in [-0.15, -0.1) is 0 Å². The second-order valence-corrected chi connectivity index (χ2v) is 7.62. The van der Waals surface area contributed by atoms with Gasteiger partial charge in [0.25, 0.3) is 0 Å². The average Bonchev–Trinajstić information content (AvgIpc) is 2.62. The molecule has 5 heteroatoms. The third kappa shape index (κ3) is 2.18. The highest BCUT2D eigenvalue weighted by Crippen LogP contribution is 2.59. The smallest absolute Gasteiger partial charge is 0.334 e. The number of carbonyl (C=O) groups is 2. The molecule has 3 aliphatic rings. The van der Waals surface area contributed by atoms with Crippen LogP contribution in [0.5, 0.6) is 0 Å². The van der Waals surface area contributed by atoms with Crippen LogP contribution in [0.15, 0.2) is 12.2 Å². The van der Waals surface area contributed by atoms with Gasteiger partial charge in [-0.25, -0.2) is 4.79 Å². The maximum absolute atomic E-state index is 12.0. The zero-order chi connectivity index (χ0) is 16.3. The van der Waals surface area contributed by atoms with Crippen molar-refractivity contribution in [3.05, 3.63) is 12.2 Å². The Morgan fingerprint density at radius 2 is 2.09 bits per heavy atom. The van der Waals surface area contributed by atoms with E-state index >= 15 is 0 Å². The molecule has 1 saturated heterocycles. The number of esters is 2. The first-order valence-corrected chi connectivity index (χ1v) is 7.95. The van der Waals surface area contributed by atoms with Crippen LogP contribution in [0, 0.1) is 17.3 Å². The van der Waals surface area contributed by atoms with Crippen molar-refractivity contribution in [1.29, 1.82) is 0 Å². The van der Waals surface area contributed by atoms with Crippen molar-refractivity contribution in [3.63, 3.8) is 0 Å². The van der Waals surface area contributed by atoms with E-state index in [2.05, 4.69) is 13.5 Å². The Bertz CT molecular complexity index is 537. The molecule has 1 aliphatic heterocycles. The Kier molecular flexibility index (Phi) is 3.40. The summed E-state index contributed by atoms with van der Waals surface area (Å²) in [5.41, 5.74) is -0.740. The third-order valence-corrected chi connectivity index (χ3v) is 5.83. The summed E-state index contributed by atoms with van der Waals surface area (Å²) in [5.74, 6) is -1.30. The molecular weight excluding hydrogens is 284 g/mol. The molecule has 6 atom stereocenters. The molecule has 1 heterocycles. The number of ether oxygens (including phenoxy) is 2. The summed E-state index contributed by atoms with van der Waals surface area (Å²) >= 11 is 0. The zero-order valence-electron chi connectivity index (χ0n) is 13.4. The SMILES string of the molecule is C=C1C(=O)O[C@H]2[C@H]1[C@@H](OC(C)=O)C[C@@]1(C)CCC[C@@](C)(O)[C@H]21. The van der Waals surface area contributed by atoms with Gasteiger partial charge >= 0.3 is 11.9 Å². The van der Waals surface area contributed by atoms with Crippen LogP contribution in [0.25, 0.3) is 0 Å². The van der Waals surface area contributed by atoms with Crippen LogP contribution < -0.4 is 0 Å². The molecule has 0 aromatic carbocycles. The number of carbonyl (C=O) groups excluding carboxylic acids is 2. The van der Waals surface area contributed by atoms with Gasteiger partial charge in [0.15, 0.2) is 0 Å². The van der Waals surface area contributed by atoms with Gasteiger partial charge in [0, 0.05) is 18.4 Å². The first-order valence-electron chi connectivity index (χ1n) is 7.95. The minimum atomic E-state index is -0.887. The monoisotopic (exact) mass is 308 g/mol. The normalized spacial score (nSPS) is 47.5. The summed E-state index contributed by atoms with van der Waals surface area (Å²) in [6.45, 7) is 9.14. The lowest BCUT2D eigenvalue weighted by atomic mass is 9.51. The maximum Gasteiger partial charge on any atom is 0.334 e. The first-order chi connectivity index (χ1) is 10.2. The molecule has 0 unspecified atom stereocenters. The minimum absolute atomic E-state index is 0.159. The lowest BCUT2D eigenvalue weighted by molar-refractivity contribution is -0.204. The van der Waals surface area contributed by atoms with Crippen molar-refractivity contribution in [3.8, 4) is 0 Å². The summed E-state index contributed by atoms with van der Waals surface area (Å²) in [6.07, 6.45) is 2.30. The fourth-order valence-corrected chi connectivity index (χ4v) is 5.12. The van der Waals surface area contributed by atoms with Gasteiger partial charge in [-0.3, -0.25) is 4.79 Å². The Hall–Kier alpha value is -1.36. The Morgan fingerprint density at radius 3 is 2.73 bits per heavy atom. The van der Waals surface area contributed by atoms with Crippen LogP contribution in [-0.2, 0) is 19.1 Å². The Morgan fingerprint density at radius 1 is 1.41 bits per heavy atom. The van der Waals surface area contributed by atoms with Crippen molar-refractivity contribution >= 4 is 11.9 Å². The van der Waals surface area contributed by atoms with E-state index in [1.54, 1.807) is 0 Å². The predicted molar refractivity (Wildman–Crippen MR) is 78.8 cm³/mol. The van der Waals surface area contributed by atoms with Crippen LogP contribution >= 0.6 is 0 Å². The summed E-state index contributed by atoms with van der Waals surface area (Å²) in [7, 11) is 0. The highest BCUT2D eigenvalue weighted by Gasteiger charge is 2.63. The molecule has 1 N–H and O–H groups in total. The molecule has 0 spiro atoms. The summed E-state index contributed by atoms with van der Waals surface area (Å²) in [5, 5.41) is 10.9. The number of rotatable bonds is 1. The van der Waals surface area contributed by atoms with Gasteiger partial charge in [0.1, 0.15) is 12.2 Å². The molecule has 0 aromatic heterocycles. The lowest BCUT2D eigenvalue weighted by Crippen LogP contribution is -2.61. The van der Waals surface area contributed by atoms with E-state index in [1.165, 1.54) is 6.92 Å². The van der Waals surface area contributed by atoms with Crippen LogP contribution in [0.1, 0.15) is 46.5 Å². The van der Waals surface area contributed by atoms with E-state index in [4.69, 9.17) is 9.47 Å².